The fourth-order valence-corrected chi connectivity index (χ4v) is 3.37. The van der Waals surface area contributed by atoms with Crippen molar-refractivity contribution in [2.24, 2.45) is 5.41 Å². The maximum atomic E-state index is 12.1. The number of hydrogen-bond donors (Lipinski definition) is 0. The quantitative estimate of drug-likeness (QED) is 0.775. The van der Waals surface area contributed by atoms with Crippen molar-refractivity contribution >= 4 is 9.84 Å². The Bertz CT molecular complexity index is 489. The predicted octanol–water partition coefficient (Wildman–Crippen LogP) is 3.22. The average Bonchev–Trinajstić information content (AvgIpc) is 2.36. The van der Waals surface area contributed by atoms with E-state index in [2.05, 4.69) is 25.7 Å². The summed E-state index contributed by atoms with van der Waals surface area (Å²) in [5.74, 6) is 0.184. The summed E-state index contributed by atoms with van der Waals surface area (Å²) in [4.78, 5) is 2.52. The number of sulfone groups is 1. The molecule has 1 aromatic rings. The lowest BCUT2D eigenvalue weighted by Crippen LogP contribution is -2.27. The van der Waals surface area contributed by atoms with Gasteiger partial charge in [-0.2, -0.15) is 0 Å². The largest absolute Gasteiger partial charge is 0.305 e. The topological polar surface area (TPSA) is 37.4 Å². The summed E-state index contributed by atoms with van der Waals surface area (Å²) in [6.07, 6.45) is 2.26. The molecule has 0 unspecified atom stereocenters. The number of rotatable bonds is 7. The lowest BCUT2D eigenvalue weighted by atomic mass is 9.90. The maximum absolute atomic E-state index is 12.1. The second kappa shape index (κ2) is 7.23. The van der Waals surface area contributed by atoms with E-state index in [1.807, 2.05) is 13.1 Å². The van der Waals surface area contributed by atoms with Gasteiger partial charge in [-0.05, 0) is 44.0 Å². The van der Waals surface area contributed by atoms with E-state index in [-0.39, 0.29) is 5.75 Å². The van der Waals surface area contributed by atoms with Crippen LogP contribution in [0.15, 0.2) is 35.2 Å². The molecule has 0 spiro atoms. The minimum Gasteiger partial charge on any atom is -0.305 e. The first-order valence-electron chi connectivity index (χ1n) is 7.17. The summed E-state index contributed by atoms with van der Waals surface area (Å²) in [6, 6.07) is 8.68. The molecule has 114 valence electrons. The van der Waals surface area contributed by atoms with E-state index in [9.17, 15) is 8.42 Å². The van der Waals surface area contributed by atoms with E-state index < -0.39 is 9.84 Å². The minimum atomic E-state index is -3.15. The van der Waals surface area contributed by atoms with Gasteiger partial charge in [-0.25, -0.2) is 8.42 Å². The zero-order valence-electron chi connectivity index (χ0n) is 13.1. The van der Waals surface area contributed by atoms with Gasteiger partial charge in [-0.15, -0.1) is 0 Å². The Hall–Kier alpha value is -0.870. The molecule has 1 aromatic carbocycles. The average molecular weight is 297 g/mol. The second-order valence-electron chi connectivity index (χ2n) is 6.60. The van der Waals surface area contributed by atoms with Crippen LogP contribution in [-0.4, -0.2) is 39.2 Å². The zero-order chi connectivity index (χ0) is 15.2. The number of benzene rings is 1. The van der Waals surface area contributed by atoms with E-state index in [1.54, 1.807) is 24.3 Å². The van der Waals surface area contributed by atoms with Crippen LogP contribution >= 0.6 is 0 Å². The van der Waals surface area contributed by atoms with E-state index in [0.29, 0.717) is 16.9 Å². The normalized spacial score (nSPS) is 12.8. The van der Waals surface area contributed by atoms with Crippen LogP contribution in [-0.2, 0) is 9.84 Å². The molecule has 1 rings (SSSR count). The van der Waals surface area contributed by atoms with Crippen LogP contribution in [0.5, 0.6) is 0 Å². The molecule has 0 amide bonds. The zero-order valence-corrected chi connectivity index (χ0v) is 13.9. The van der Waals surface area contributed by atoms with E-state index in [0.717, 1.165) is 19.4 Å². The maximum Gasteiger partial charge on any atom is 0.179 e. The second-order valence-corrected chi connectivity index (χ2v) is 8.71. The Morgan fingerprint density at radius 2 is 1.65 bits per heavy atom. The van der Waals surface area contributed by atoms with Gasteiger partial charge in [0.25, 0.3) is 0 Å². The van der Waals surface area contributed by atoms with Gasteiger partial charge in [0.05, 0.1) is 10.6 Å². The Labute approximate surface area is 123 Å². The lowest BCUT2D eigenvalue weighted by Gasteiger charge is -2.21. The smallest absolute Gasteiger partial charge is 0.179 e. The van der Waals surface area contributed by atoms with Crippen molar-refractivity contribution in [3.63, 3.8) is 0 Å². The molecular formula is C16H27NO2S. The Balaban J connectivity index is 2.39. The first kappa shape index (κ1) is 17.2. The van der Waals surface area contributed by atoms with E-state index in [1.165, 1.54) is 0 Å². The van der Waals surface area contributed by atoms with Crippen molar-refractivity contribution in [3.05, 3.63) is 30.3 Å². The SMILES string of the molecule is CN(CCCC(C)(C)C)CCS(=O)(=O)c1ccccc1. The molecule has 0 atom stereocenters. The van der Waals surface area contributed by atoms with Gasteiger partial charge < -0.3 is 4.90 Å². The van der Waals surface area contributed by atoms with Crippen molar-refractivity contribution in [2.45, 2.75) is 38.5 Å². The third kappa shape index (κ3) is 6.53. The molecule has 0 fully saturated rings. The van der Waals surface area contributed by atoms with Crippen LogP contribution in [0.4, 0.5) is 0 Å². The summed E-state index contributed by atoms with van der Waals surface area (Å²) in [7, 11) is -1.16. The third-order valence-corrected chi connectivity index (χ3v) is 5.02. The highest BCUT2D eigenvalue weighted by Gasteiger charge is 2.15. The number of hydrogen-bond acceptors (Lipinski definition) is 3. The Morgan fingerprint density at radius 1 is 1.05 bits per heavy atom. The van der Waals surface area contributed by atoms with Crippen LogP contribution < -0.4 is 0 Å². The molecule has 0 aliphatic carbocycles. The molecule has 0 saturated heterocycles. The van der Waals surface area contributed by atoms with Crippen molar-refractivity contribution in [1.29, 1.82) is 0 Å². The van der Waals surface area contributed by atoms with Gasteiger partial charge in [0, 0.05) is 6.54 Å². The van der Waals surface area contributed by atoms with Gasteiger partial charge in [-0.3, -0.25) is 0 Å². The lowest BCUT2D eigenvalue weighted by molar-refractivity contribution is 0.297. The van der Waals surface area contributed by atoms with Gasteiger partial charge in [0.1, 0.15) is 0 Å². The van der Waals surface area contributed by atoms with Gasteiger partial charge >= 0.3 is 0 Å². The first-order valence-corrected chi connectivity index (χ1v) is 8.82. The molecule has 0 saturated carbocycles. The van der Waals surface area contributed by atoms with Crippen LogP contribution in [0.1, 0.15) is 33.6 Å². The Kier molecular flexibility index (Phi) is 6.21. The summed E-state index contributed by atoms with van der Waals surface area (Å²) < 4.78 is 24.3. The number of nitrogens with zero attached hydrogens (tertiary/aromatic N) is 1. The molecular weight excluding hydrogens is 270 g/mol. The Morgan fingerprint density at radius 3 is 2.20 bits per heavy atom. The molecule has 20 heavy (non-hydrogen) atoms. The summed E-state index contributed by atoms with van der Waals surface area (Å²) in [5.41, 5.74) is 0.344. The molecule has 0 aliphatic heterocycles. The van der Waals surface area contributed by atoms with Gasteiger partial charge in [-0.1, -0.05) is 39.0 Å². The third-order valence-electron chi connectivity index (χ3n) is 3.31. The first-order chi connectivity index (χ1) is 9.21. The molecule has 0 N–H and O–H groups in total. The fourth-order valence-electron chi connectivity index (χ4n) is 2.01. The van der Waals surface area contributed by atoms with Crippen molar-refractivity contribution in [2.75, 3.05) is 25.9 Å². The van der Waals surface area contributed by atoms with Crippen molar-refractivity contribution in [3.8, 4) is 0 Å². The molecule has 4 heteroatoms. The molecule has 3 nitrogen and oxygen atoms in total. The molecule has 0 heterocycles. The summed E-state index contributed by atoms with van der Waals surface area (Å²) in [6.45, 7) is 8.22. The standard InChI is InChI=1S/C16H27NO2S/c1-16(2,3)11-8-12-17(4)13-14-20(18,19)15-9-6-5-7-10-15/h5-7,9-10H,8,11-14H2,1-4H3. The minimum absolute atomic E-state index is 0.184. The van der Waals surface area contributed by atoms with Crippen LogP contribution in [0.2, 0.25) is 0 Å². The molecule has 0 radical (unpaired) electrons. The summed E-state index contributed by atoms with van der Waals surface area (Å²) in [5, 5.41) is 0. The monoisotopic (exact) mass is 297 g/mol. The predicted molar refractivity (Wildman–Crippen MR) is 84.7 cm³/mol. The highest BCUT2D eigenvalue weighted by atomic mass is 32.2. The van der Waals surface area contributed by atoms with Gasteiger partial charge in [0.15, 0.2) is 9.84 Å². The van der Waals surface area contributed by atoms with E-state index >= 15 is 0 Å². The van der Waals surface area contributed by atoms with Crippen molar-refractivity contribution in [1.82, 2.24) is 4.90 Å². The highest BCUT2D eigenvalue weighted by molar-refractivity contribution is 7.91. The van der Waals surface area contributed by atoms with Crippen molar-refractivity contribution < 1.29 is 8.42 Å². The van der Waals surface area contributed by atoms with Crippen LogP contribution in [0.25, 0.3) is 0 Å². The molecule has 0 bridgehead atoms. The summed E-state index contributed by atoms with van der Waals surface area (Å²) >= 11 is 0. The van der Waals surface area contributed by atoms with E-state index in [4.69, 9.17) is 0 Å². The highest BCUT2D eigenvalue weighted by Crippen LogP contribution is 2.20. The fraction of sp³-hybridized carbons (Fsp3) is 0.625. The molecule has 0 aliphatic rings. The van der Waals surface area contributed by atoms with Gasteiger partial charge in [0.2, 0.25) is 0 Å². The van der Waals surface area contributed by atoms with Crippen LogP contribution in [0.3, 0.4) is 0 Å². The van der Waals surface area contributed by atoms with Crippen LogP contribution in [0, 0.1) is 5.41 Å². The molecule has 0 aromatic heterocycles.